The number of nitrogens with zero attached hydrogens (tertiary/aromatic N) is 2. The predicted octanol–water partition coefficient (Wildman–Crippen LogP) is 11.9. The summed E-state index contributed by atoms with van der Waals surface area (Å²) in [5, 5.41) is 25.6. The molecule has 0 aliphatic rings. The molecule has 0 spiro atoms. The van der Waals surface area contributed by atoms with Crippen LogP contribution >= 0.6 is 11.3 Å². The first-order valence-corrected chi connectivity index (χ1v) is 22.1. The van der Waals surface area contributed by atoms with Crippen LogP contribution in [0, 0.1) is 34.6 Å². The summed E-state index contributed by atoms with van der Waals surface area (Å²) in [4.78, 5) is 16.5. The van der Waals surface area contributed by atoms with E-state index < -0.39 is 8.07 Å². The van der Waals surface area contributed by atoms with Crippen LogP contribution in [-0.4, -0.2) is 23.9 Å². The van der Waals surface area contributed by atoms with Crippen LogP contribution in [0.4, 0.5) is 0 Å². The van der Waals surface area contributed by atoms with E-state index in [2.05, 4.69) is 101 Å². The molecule has 5 rings (SSSR count). The van der Waals surface area contributed by atoms with Crippen molar-refractivity contribution in [2.24, 2.45) is 17.3 Å². The molecule has 4 nitrogen and oxygen atoms in total. The molecule has 0 amide bonds. The quantitative estimate of drug-likeness (QED) is 0.0656. The van der Waals surface area contributed by atoms with Crippen molar-refractivity contribution in [3.8, 4) is 17.3 Å². The molecule has 5 aromatic rings. The van der Waals surface area contributed by atoms with Gasteiger partial charge in [-0.3, -0.25) is 9.78 Å². The van der Waals surface area contributed by atoms with E-state index in [0.29, 0.717) is 5.56 Å². The minimum Gasteiger partial charge on any atom is -0.512 e. The molecule has 50 heavy (non-hydrogen) atoms. The van der Waals surface area contributed by atoms with Gasteiger partial charge in [0.25, 0.3) is 0 Å². The number of pyridine rings is 1. The number of thiophene rings is 1. The van der Waals surface area contributed by atoms with E-state index in [0.717, 1.165) is 64.2 Å². The third-order valence-corrected chi connectivity index (χ3v) is 12.5. The van der Waals surface area contributed by atoms with Gasteiger partial charge < -0.3 is 5.11 Å². The number of aliphatic hydroxyl groups excluding tert-OH is 1. The summed E-state index contributed by atoms with van der Waals surface area (Å²) in [6.45, 7) is 22.0. The Morgan fingerprint density at radius 2 is 1.62 bits per heavy atom. The van der Waals surface area contributed by atoms with Crippen LogP contribution in [-0.2, 0) is 31.3 Å². The van der Waals surface area contributed by atoms with Gasteiger partial charge in [0.05, 0.1) is 19.4 Å². The summed E-state index contributed by atoms with van der Waals surface area (Å²) in [7, 11) is -1.61. The Balaban J connectivity index is 0.000000361. The number of ketones is 1. The minimum atomic E-state index is -1.61. The first-order chi connectivity index (χ1) is 23.1. The molecule has 0 aliphatic heterocycles. The maximum absolute atomic E-state index is 11.7. The molecular formula is C43H53IrN2O2SSi-. The fourth-order valence-corrected chi connectivity index (χ4v) is 9.48. The average molecular weight is 882 g/mol. The summed E-state index contributed by atoms with van der Waals surface area (Å²) in [5.41, 5.74) is 4.14. The fourth-order valence-electron chi connectivity index (χ4n) is 6.58. The summed E-state index contributed by atoms with van der Waals surface area (Å²) in [5.74, 6) is 0.547. The van der Waals surface area contributed by atoms with Crippen molar-refractivity contribution in [1.29, 1.82) is 5.26 Å². The normalized spacial score (nSPS) is 12.3. The summed E-state index contributed by atoms with van der Waals surface area (Å²) in [6, 6.07) is 23.6. The van der Waals surface area contributed by atoms with E-state index in [-0.39, 0.29) is 48.9 Å². The molecule has 1 N–H and O–H groups in total. The number of hydrogen-bond acceptors (Lipinski definition) is 5. The van der Waals surface area contributed by atoms with Crippen LogP contribution < -0.4 is 5.19 Å². The molecule has 7 heteroatoms. The van der Waals surface area contributed by atoms with Crippen LogP contribution in [0.15, 0.2) is 66.6 Å². The Morgan fingerprint density at radius 1 is 0.980 bits per heavy atom. The monoisotopic (exact) mass is 882 g/mol. The van der Waals surface area contributed by atoms with Crippen molar-refractivity contribution in [2.45, 2.75) is 100 Å². The number of allylic oxidation sites excluding steroid dienone is 2. The number of carbonyl (C=O) groups excluding carboxylic acids is 1. The SMILES string of the molecule is CC(C)(C)Cc1ccc2c(c1)sc1c(-c3[c-]c4ccccc4c([Si](C)(C)C)c3)ncc(C#N)c12.CCC(CC)C(=O)/C=C(\O)C(CC)CC.[Ir]. The van der Waals surface area contributed by atoms with Gasteiger partial charge in [-0.1, -0.05) is 109 Å². The van der Waals surface area contributed by atoms with Crippen molar-refractivity contribution in [1.82, 2.24) is 4.98 Å². The Bertz CT molecular complexity index is 2020. The van der Waals surface area contributed by atoms with Gasteiger partial charge in [-0.05, 0) is 49.1 Å². The van der Waals surface area contributed by atoms with Gasteiger partial charge >= 0.3 is 0 Å². The zero-order valence-corrected chi connectivity index (χ0v) is 35.7. The van der Waals surface area contributed by atoms with Crippen molar-refractivity contribution in [3.05, 3.63) is 83.8 Å². The molecule has 2 aromatic heterocycles. The molecule has 0 saturated heterocycles. The Labute approximate surface area is 318 Å². The minimum absolute atomic E-state index is 0. The second kappa shape index (κ2) is 17.4. The smallest absolute Gasteiger partial charge is 0.162 e. The van der Waals surface area contributed by atoms with Gasteiger partial charge in [-0.25, -0.2) is 0 Å². The number of nitriles is 1. The molecule has 0 atom stereocenters. The predicted molar refractivity (Wildman–Crippen MR) is 214 cm³/mol. The molecule has 0 saturated carbocycles. The maximum atomic E-state index is 11.7. The van der Waals surface area contributed by atoms with Crippen molar-refractivity contribution in [2.75, 3.05) is 0 Å². The van der Waals surface area contributed by atoms with E-state index in [1.165, 1.54) is 26.9 Å². The summed E-state index contributed by atoms with van der Waals surface area (Å²) >= 11 is 1.75. The van der Waals surface area contributed by atoms with Gasteiger partial charge in [0.15, 0.2) is 5.78 Å². The Kier molecular flexibility index (Phi) is 14.4. The van der Waals surface area contributed by atoms with Crippen LogP contribution in [0.1, 0.15) is 85.3 Å². The number of fused-ring (bicyclic) bond motifs is 4. The van der Waals surface area contributed by atoms with E-state index in [4.69, 9.17) is 4.98 Å². The maximum Gasteiger partial charge on any atom is 0.162 e. The molecule has 0 fully saturated rings. The second-order valence-electron chi connectivity index (χ2n) is 15.4. The molecule has 0 bridgehead atoms. The third-order valence-electron chi connectivity index (χ3n) is 9.34. The van der Waals surface area contributed by atoms with Gasteiger partial charge in [-0.15, -0.1) is 40.1 Å². The number of carbonyl (C=O) groups is 1. The van der Waals surface area contributed by atoms with Crippen LogP contribution in [0.2, 0.25) is 19.6 Å². The Hall–Kier alpha value is -3.14. The number of rotatable bonds is 10. The summed E-state index contributed by atoms with van der Waals surface area (Å²) < 4.78 is 2.30. The molecule has 0 aliphatic carbocycles. The first kappa shape index (κ1) is 41.3. The average Bonchev–Trinajstić information content (AvgIpc) is 3.43. The second-order valence-corrected chi connectivity index (χ2v) is 21.5. The molecule has 3 aromatic carbocycles. The van der Waals surface area contributed by atoms with E-state index in [9.17, 15) is 15.2 Å². The zero-order valence-electron chi connectivity index (χ0n) is 31.5. The zero-order chi connectivity index (χ0) is 36.1. The van der Waals surface area contributed by atoms with Crippen LogP contribution in [0.5, 0.6) is 0 Å². The van der Waals surface area contributed by atoms with Crippen LogP contribution in [0.3, 0.4) is 0 Å². The topological polar surface area (TPSA) is 74.0 Å². The molecular weight excluding hydrogens is 829 g/mol. The summed E-state index contributed by atoms with van der Waals surface area (Å²) in [6.07, 6.45) is 7.67. The number of benzene rings is 3. The van der Waals surface area contributed by atoms with Gasteiger partial charge in [0.1, 0.15) is 6.07 Å². The van der Waals surface area contributed by atoms with E-state index in [1.54, 1.807) is 17.5 Å². The van der Waals surface area contributed by atoms with Gasteiger partial charge in [0, 0.05) is 70.1 Å². The molecule has 267 valence electrons. The fraction of sp³-hybridized carbons (Fsp3) is 0.419. The number of aromatic nitrogens is 1. The van der Waals surface area contributed by atoms with Crippen molar-refractivity contribution >= 4 is 61.3 Å². The van der Waals surface area contributed by atoms with Crippen molar-refractivity contribution in [3.63, 3.8) is 0 Å². The van der Waals surface area contributed by atoms with Gasteiger partial charge in [-0.2, -0.15) is 5.26 Å². The van der Waals surface area contributed by atoms with E-state index in [1.807, 2.05) is 27.7 Å². The molecule has 2 heterocycles. The van der Waals surface area contributed by atoms with Gasteiger partial charge in [0.2, 0.25) is 0 Å². The molecule has 1 radical (unpaired) electrons. The molecule has 0 unspecified atom stereocenters. The number of aliphatic hydroxyl groups is 1. The third kappa shape index (κ3) is 9.59. The largest absolute Gasteiger partial charge is 0.512 e. The first-order valence-electron chi connectivity index (χ1n) is 17.8. The van der Waals surface area contributed by atoms with Crippen LogP contribution in [0.25, 0.3) is 42.2 Å². The van der Waals surface area contributed by atoms with E-state index >= 15 is 0 Å². The Morgan fingerprint density at radius 3 is 2.20 bits per heavy atom. The standard InChI is InChI=1S/C30H29N2SSi.C13H24O2.Ir/c1-30(2,3)16-19-11-12-24-25(13-19)33-29-27(24)22(17-31)18-32-28(29)21-14-20-9-7-8-10-23(20)26(15-21)34(4,5)6;1-5-10(6-2)12(14)9-13(15)11(7-3)8-4;/h7-13,15,18H,16H2,1-6H3;9-11,14H,5-8H2,1-4H3;/q-1;;/b;12-9-;. The number of hydrogen-bond donors (Lipinski definition) is 1. The van der Waals surface area contributed by atoms with Crippen molar-refractivity contribution < 1.29 is 30.0 Å².